The zero-order valence-electron chi connectivity index (χ0n) is 12.0. The Hall–Kier alpha value is -0.670. The van der Waals surface area contributed by atoms with Gasteiger partial charge in [-0.25, -0.2) is 0 Å². The van der Waals surface area contributed by atoms with Crippen molar-refractivity contribution >= 4 is 7.60 Å². The summed E-state index contributed by atoms with van der Waals surface area (Å²) in [6, 6.07) is 10.4. The molecule has 1 N–H and O–H groups in total. The number of hydrogen-bond acceptors (Lipinski definition) is 4. The summed E-state index contributed by atoms with van der Waals surface area (Å²) in [5, 5.41) is 3.34. The molecule has 0 saturated carbocycles. The fourth-order valence-electron chi connectivity index (χ4n) is 1.84. The van der Waals surface area contributed by atoms with E-state index in [4.69, 9.17) is 9.05 Å². The van der Waals surface area contributed by atoms with Crippen LogP contribution in [0.25, 0.3) is 0 Å². The van der Waals surface area contributed by atoms with Crippen molar-refractivity contribution in [1.29, 1.82) is 0 Å². The predicted octanol–water partition coefficient (Wildman–Crippen LogP) is 3.60. The first-order chi connectivity index (χ1) is 9.11. The van der Waals surface area contributed by atoms with Crippen LogP contribution in [0.4, 0.5) is 0 Å². The van der Waals surface area contributed by atoms with Crippen molar-refractivity contribution in [2.75, 3.05) is 25.9 Å². The lowest BCUT2D eigenvalue weighted by Crippen LogP contribution is -2.23. The molecule has 4 nitrogen and oxygen atoms in total. The van der Waals surface area contributed by atoms with Gasteiger partial charge in [0.15, 0.2) is 0 Å². The molecule has 1 rings (SSSR count). The largest absolute Gasteiger partial charge is 0.331 e. The average molecular weight is 285 g/mol. The Labute approximate surface area is 116 Å². The Morgan fingerprint density at radius 1 is 1.16 bits per heavy atom. The van der Waals surface area contributed by atoms with Crippen LogP contribution in [0.5, 0.6) is 0 Å². The summed E-state index contributed by atoms with van der Waals surface area (Å²) in [5.41, 5.74) is 1.21. The zero-order chi connectivity index (χ0) is 14.1. The molecule has 0 bridgehead atoms. The molecule has 0 heterocycles. The molecule has 1 unspecified atom stereocenters. The molecule has 0 spiro atoms. The zero-order valence-corrected chi connectivity index (χ0v) is 12.9. The van der Waals surface area contributed by atoms with Gasteiger partial charge >= 0.3 is 7.60 Å². The van der Waals surface area contributed by atoms with E-state index in [0.29, 0.717) is 25.9 Å². The van der Waals surface area contributed by atoms with Crippen molar-refractivity contribution in [2.45, 2.75) is 26.8 Å². The van der Waals surface area contributed by atoms with Crippen LogP contribution >= 0.6 is 7.60 Å². The Balaban J connectivity index is 2.42. The third-order valence-electron chi connectivity index (χ3n) is 2.79. The lowest BCUT2D eigenvalue weighted by molar-refractivity contribution is 0.220. The maximum absolute atomic E-state index is 12.2. The van der Waals surface area contributed by atoms with Crippen LogP contribution in [0.2, 0.25) is 0 Å². The Morgan fingerprint density at radius 2 is 1.74 bits per heavy atom. The van der Waals surface area contributed by atoms with Gasteiger partial charge in [0.1, 0.15) is 0 Å². The predicted molar refractivity (Wildman–Crippen MR) is 78.6 cm³/mol. The summed E-state index contributed by atoms with van der Waals surface area (Å²) >= 11 is 0. The minimum Gasteiger partial charge on any atom is -0.310 e. The number of rotatable bonds is 9. The van der Waals surface area contributed by atoms with Crippen LogP contribution in [0, 0.1) is 0 Å². The molecule has 1 aromatic carbocycles. The molecule has 5 heteroatoms. The van der Waals surface area contributed by atoms with Crippen molar-refractivity contribution in [3.05, 3.63) is 35.9 Å². The fraction of sp³-hybridized carbons (Fsp3) is 0.571. The highest BCUT2D eigenvalue weighted by molar-refractivity contribution is 7.53. The first-order valence-corrected chi connectivity index (χ1v) is 8.50. The molecular weight excluding hydrogens is 261 g/mol. The van der Waals surface area contributed by atoms with Crippen LogP contribution in [0.15, 0.2) is 30.3 Å². The summed E-state index contributed by atoms with van der Waals surface area (Å²) in [4.78, 5) is 0. The Kier molecular flexibility index (Phi) is 7.32. The van der Waals surface area contributed by atoms with Crippen LogP contribution in [-0.2, 0) is 13.6 Å². The van der Waals surface area contributed by atoms with E-state index in [2.05, 4.69) is 24.4 Å². The van der Waals surface area contributed by atoms with Crippen molar-refractivity contribution in [3.8, 4) is 0 Å². The molecule has 0 radical (unpaired) electrons. The molecular formula is C14H24NO3P. The second-order valence-electron chi connectivity index (χ2n) is 4.26. The van der Waals surface area contributed by atoms with E-state index in [1.165, 1.54) is 5.56 Å². The first kappa shape index (κ1) is 16.4. The lowest BCUT2D eigenvalue weighted by atomic mass is 10.1. The maximum Gasteiger partial charge on any atom is 0.331 e. The van der Waals surface area contributed by atoms with Crippen molar-refractivity contribution in [3.63, 3.8) is 0 Å². The van der Waals surface area contributed by atoms with Crippen molar-refractivity contribution in [2.24, 2.45) is 0 Å². The molecule has 19 heavy (non-hydrogen) atoms. The van der Waals surface area contributed by atoms with E-state index >= 15 is 0 Å². The number of hydrogen-bond donors (Lipinski definition) is 1. The van der Waals surface area contributed by atoms with Crippen molar-refractivity contribution < 1.29 is 13.6 Å². The molecule has 1 aromatic rings. The van der Waals surface area contributed by atoms with Crippen LogP contribution in [-0.4, -0.2) is 25.9 Å². The van der Waals surface area contributed by atoms with Gasteiger partial charge in [-0.3, -0.25) is 4.57 Å². The summed E-state index contributed by atoms with van der Waals surface area (Å²) in [5.74, 6) is 0. The van der Waals surface area contributed by atoms with Gasteiger partial charge in [0.25, 0.3) is 0 Å². The van der Waals surface area contributed by atoms with Crippen LogP contribution in [0.1, 0.15) is 32.4 Å². The summed E-state index contributed by atoms with van der Waals surface area (Å²) in [6.45, 7) is 7.16. The van der Waals surface area contributed by atoms with E-state index in [-0.39, 0.29) is 6.04 Å². The molecule has 0 aliphatic rings. The van der Waals surface area contributed by atoms with Gasteiger partial charge in [0, 0.05) is 12.6 Å². The SMILES string of the molecule is CCOP(=O)(CCNC(C)c1ccccc1)OCC. The number of nitrogens with one attached hydrogen (secondary N) is 1. The fourth-order valence-corrected chi connectivity index (χ4v) is 3.36. The summed E-state index contributed by atoms with van der Waals surface area (Å²) in [6.07, 6.45) is 0.395. The Morgan fingerprint density at radius 3 is 2.26 bits per heavy atom. The Bertz CT molecular complexity index is 387. The molecule has 0 amide bonds. The standard InChI is InChI=1S/C14H24NO3P/c1-4-17-19(16,18-5-2)12-11-15-13(3)14-9-7-6-8-10-14/h6-10,13,15H,4-5,11-12H2,1-3H3. The lowest BCUT2D eigenvalue weighted by Gasteiger charge is -2.19. The molecule has 0 fully saturated rings. The molecule has 0 aliphatic carbocycles. The third kappa shape index (κ3) is 5.87. The van der Waals surface area contributed by atoms with Crippen LogP contribution < -0.4 is 5.32 Å². The third-order valence-corrected chi connectivity index (χ3v) is 4.86. The maximum atomic E-state index is 12.2. The molecule has 0 saturated heterocycles. The average Bonchev–Trinajstić information content (AvgIpc) is 2.40. The topological polar surface area (TPSA) is 47.6 Å². The van der Waals surface area contributed by atoms with Gasteiger partial charge in [-0.15, -0.1) is 0 Å². The molecule has 1 atom stereocenters. The quantitative estimate of drug-likeness (QED) is 0.704. The molecule has 0 aliphatic heterocycles. The van der Waals surface area contributed by atoms with E-state index in [0.717, 1.165) is 0 Å². The highest BCUT2D eigenvalue weighted by atomic mass is 31.2. The molecule has 108 valence electrons. The van der Waals surface area contributed by atoms with E-state index < -0.39 is 7.60 Å². The van der Waals surface area contributed by atoms with Gasteiger partial charge in [-0.05, 0) is 26.3 Å². The van der Waals surface area contributed by atoms with Gasteiger partial charge in [-0.1, -0.05) is 30.3 Å². The van der Waals surface area contributed by atoms with E-state index in [9.17, 15) is 4.57 Å². The van der Waals surface area contributed by atoms with Crippen LogP contribution in [0.3, 0.4) is 0 Å². The first-order valence-electron chi connectivity index (χ1n) is 6.77. The van der Waals surface area contributed by atoms with Crippen molar-refractivity contribution in [1.82, 2.24) is 5.32 Å². The smallest absolute Gasteiger partial charge is 0.310 e. The monoisotopic (exact) mass is 285 g/mol. The minimum absolute atomic E-state index is 0.220. The van der Waals surface area contributed by atoms with Gasteiger partial charge < -0.3 is 14.4 Å². The van der Waals surface area contributed by atoms with Gasteiger partial charge in [-0.2, -0.15) is 0 Å². The summed E-state index contributed by atoms with van der Waals surface area (Å²) < 4.78 is 22.7. The van der Waals surface area contributed by atoms with E-state index in [1.807, 2.05) is 32.0 Å². The number of benzene rings is 1. The molecule has 0 aromatic heterocycles. The highest BCUT2D eigenvalue weighted by Gasteiger charge is 2.22. The second-order valence-corrected chi connectivity index (χ2v) is 6.44. The highest BCUT2D eigenvalue weighted by Crippen LogP contribution is 2.47. The van der Waals surface area contributed by atoms with Gasteiger partial charge in [0.2, 0.25) is 0 Å². The normalized spacial score (nSPS) is 13.4. The minimum atomic E-state index is -2.93. The van der Waals surface area contributed by atoms with Gasteiger partial charge in [0.05, 0.1) is 19.4 Å². The summed E-state index contributed by atoms with van der Waals surface area (Å²) in [7, 11) is -2.93. The second kappa shape index (κ2) is 8.49. The van der Waals surface area contributed by atoms with E-state index in [1.54, 1.807) is 0 Å².